The van der Waals surface area contributed by atoms with Crippen LogP contribution in [0.4, 0.5) is 18.9 Å². The quantitative estimate of drug-likeness (QED) is 0.884. The number of carbonyl (C=O) groups is 1. The zero-order valence-corrected chi connectivity index (χ0v) is 9.63. The minimum absolute atomic E-state index is 0.0248. The summed E-state index contributed by atoms with van der Waals surface area (Å²) in [7, 11) is 0. The van der Waals surface area contributed by atoms with Crippen LogP contribution in [0.5, 0.6) is 0 Å². The van der Waals surface area contributed by atoms with Crippen LogP contribution in [-0.4, -0.2) is 12.5 Å². The first kappa shape index (κ1) is 12.9. The van der Waals surface area contributed by atoms with Crippen LogP contribution in [-0.2, 0) is 17.5 Å². The molecule has 0 unspecified atom stereocenters. The van der Waals surface area contributed by atoms with E-state index in [1.807, 2.05) is 0 Å². The van der Waals surface area contributed by atoms with E-state index in [-0.39, 0.29) is 12.5 Å². The van der Waals surface area contributed by atoms with E-state index in [1.54, 1.807) is 0 Å². The number of nitrogens with two attached hydrogens (primary N) is 1. The van der Waals surface area contributed by atoms with Gasteiger partial charge in [0, 0.05) is 25.2 Å². The second-order valence-electron chi connectivity index (χ2n) is 4.19. The summed E-state index contributed by atoms with van der Waals surface area (Å²) in [6.07, 6.45) is -3.23. The van der Waals surface area contributed by atoms with E-state index in [4.69, 9.17) is 5.73 Å². The summed E-state index contributed by atoms with van der Waals surface area (Å²) in [6.45, 7) is 0.514. The Morgan fingerprint density at radius 3 is 2.56 bits per heavy atom. The molecule has 0 aliphatic carbocycles. The summed E-state index contributed by atoms with van der Waals surface area (Å²) < 4.78 is 37.7. The SMILES string of the molecule is NCc1cc(C(F)(F)F)ccc1N1CCCC1=O. The minimum Gasteiger partial charge on any atom is -0.326 e. The Bertz CT molecular complexity index is 471. The van der Waals surface area contributed by atoms with Crippen molar-refractivity contribution in [2.24, 2.45) is 5.73 Å². The summed E-state index contributed by atoms with van der Waals surface area (Å²) >= 11 is 0. The van der Waals surface area contributed by atoms with E-state index in [0.29, 0.717) is 24.2 Å². The highest BCUT2D eigenvalue weighted by molar-refractivity contribution is 5.96. The fourth-order valence-corrected chi connectivity index (χ4v) is 2.09. The monoisotopic (exact) mass is 258 g/mol. The van der Waals surface area contributed by atoms with Gasteiger partial charge in [0.15, 0.2) is 0 Å². The zero-order valence-electron chi connectivity index (χ0n) is 9.63. The van der Waals surface area contributed by atoms with Crippen molar-refractivity contribution in [1.82, 2.24) is 0 Å². The smallest absolute Gasteiger partial charge is 0.326 e. The van der Waals surface area contributed by atoms with Crippen LogP contribution < -0.4 is 10.6 Å². The normalized spacial score (nSPS) is 16.4. The van der Waals surface area contributed by atoms with Crippen LogP contribution in [0.15, 0.2) is 18.2 Å². The fraction of sp³-hybridized carbons (Fsp3) is 0.417. The maximum absolute atomic E-state index is 12.6. The molecule has 1 aromatic carbocycles. The molecule has 0 saturated carbocycles. The molecular formula is C12H13F3N2O. The highest BCUT2D eigenvalue weighted by Crippen LogP contribution is 2.33. The summed E-state index contributed by atoms with van der Waals surface area (Å²) in [5.41, 5.74) is 5.57. The summed E-state index contributed by atoms with van der Waals surface area (Å²) in [5.74, 6) is -0.0653. The predicted octanol–water partition coefficient (Wildman–Crippen LogP) is 2.29. The van der Waals surface area contributed by atoms with Gasteiger partial charge >= 0.3 is 6.18 Å². The van der Waals surface area contributed by atoms with Gasteiger partial charge in [-0.1, -0.05) is 0 Å². The lowest BCUT2D eigenvalue weighted by atomic mass is 10.1. The second kappa shape index (κ2) is 4.61. The Kier molecular flexibility index (Phi) is 3.30. The van der Waals surface area contributed by atoms with Crippen molar-refractivity contribution < 1.29 is 18.0 Å². The van der Waals surface area contributed by atoms with Crippen LogP contribution >= 0.6 is 0 Å². The first-order valence-electron chi connectivity index (χ1n) is 5.64. The van der Waals surface area contributed by atoms with Crippen LogP contribution in [0.1, 0.15) is 24.0 Å². The number of halogens is 3. The topological polar surface area (TPSA) is 46.3 Å². The number of anilines is 1. The van der Waals surface area contributed by atoms with Gasteiger partial charge in [-0.2, -0.15) is 13.2 Å². The van der Waals surface area contributed by atoms with Crippen molar-refractivity contribution in [2.45, 2.75) is 25.6 Å². The third-order valence-electron chi connectivity index (χ3n) is 2.99. The summed E-state index contributed by atoms with van der Waals surface area (Å²) in [6, 6.07) is 3.33. The number of alkyl halides is 3. The number of benzene rings is 1. The Hall–Kier alpha value is -1.56. The molecular weight excluding hydrogens is 245 g/mol. The number of amides is 1. The second-order valence-corrected chi connectivity index (χ2v) is 4.19. The summed E-state index contributed by atoms with van der Waals surface area (Å²) in [4.78, 5) is 13.1. The number of nitrogens with zero attached hydrogens (tertiary/aromatic N) is 1. The molecule has 2 N–H and O–H groups in total. The van der Waals surface area contributed by atoms with Crippen molar-refractivity contribution in [2.75, 3.05) is 11.4 Å². The third kappa shape index (κ3) is 2.33. The maximum atomic E-state index is 12.6. The van der Waals surface area contributed by atoms with Crippen LogP contribution in [0.25, 0.3) is 0 Å². The summed E-state index contributed by atoms with van der Waals surface area (Å²) in [5, 5.41) is 0. The van der Waals surface area contributed by atoms with Crippen molar-refractivity contribution >= 4 is 11.6 Å². The van der Waals surface area contributed by atoms with E-state index in [0.717, 1.165) is 18.6 Å². The van der Waals surface area contributed by atoms with Gasteiger partial charge in [0.1, 0.15) is 0 Å². The van der Waals surface area contributed by atoms with Gasteiger partial charge in [0.2, 0.25) is 5.91 Å². The van der Waals surface area contributed by atoms with Gasteiger partial charge < -0.3 is 10.6 Å². The molecule has 1 heterocycles. The lowest BCUT2D eigenvalue weighted by molar-refractivity contribution is -0.137. The zero-order chi connectivity index (χ0) is 13.3. The molecule has 1 aliphatic heterocycles. The van der Waals surface area contributed by atoms with E-state index in [1.165, 1.54) is 11.0 Å². The molecule has 1 aromatic rings. The van der Waals surface area contributed by atoms with Gasteiger partial charge in [-0.15, -0.1) is 0 Å². The molecule has 3 nitrogen and oxygen atoms in total. The molecule has 1 saturated heterocycles. The first-order chi connectivity index (χ1) is 8.43. The number of rotatable bonds is 2. The Balaban J connectivity index is 2.40. The number of hydrogen-bond donors (Lipinski definition) is 1. The maximum Gasteiger partial charge on any atom is 0.416 e. The third-order valence-corrected chi connectivity index (χ3v) is 2.99. The average molecular weight is 258 g/mol. The predicted molar refractivity (Wildman–Crippen MR) is 60.9 cm³/mol. The molecule has 0 atom stereocenters. The molecule has 1 fully saturated rings. The van der Waals surface area contributed by atoms with Crippen molar-refractivity contribution in [1.29, 1.82) is 0 Å². The molecule has 18 heavy (non-hydrogen) atoms. The Labute approximate surface area is 102 Å². The molecule has 0 aromatic heterocycles. The Morgan fingerprint density at radius 2 is 2.06 bits per heavy atom. The largest absolute Gasteiger partial charge is 0.416 e. The van der Waals surface area contributed by atoms with E-state index < -0.39 is 11.7 Å². The van der Waals surface area contributed by atoms with Gasteiger partial charge in [-0.05, 0) is 30.2 Å². The minimum atomic E-state index is -4.39. The highest BCUT2D eigenvalue weighted by atomic mass is 19.4. The molecule has 0 bridgehead atoms. The van der Waals surface area contributed by atoms with Crippen molar-refractivity contribution in [3.05, 3.63) is 29.3 Å². The lowest BCUT2D eigenvalue weighted by Crippen LogP contribution is -2.25. The molecule has 6 heteroatoms. The van der Waals surface area contributed by atoms with Gasteiger partial charge in [0.05, 0.1) is 5.56 Å². The molecule has 1 amide bonds. The lowest BCUT2D eigenvalue weighted by Gasteiger charge is -2.20. The van der Waals surface area contributed by atoms with Crippen LogP contribution in [0.2, 0.25) is 0 Å². The highest BCUT2D eigenvalue weighted by Gasteiger charge is 2.32. The fourth-order valence-electron chi connectivity index (χ4n) is 2.09. The first-order valence-corrected chi connectivity index (χ1v) is 5.64. The van der Waals surface area contributed by atoms with Crippen molar-refractivity contribution in [3.63, 3.8) is 0 Å². The van der Waals surface area contributed by atoms with Crippen molar-refractivity contribution in [3.8, 4) is 0 Å². The molecule has 1 aliphatic rings. The number of carbonyl (C=O) groups excluding carboxylic acids is 1. The van der Waals surface area contributed by atoms with Gasteiger partial charge in [0.25, 0.3) is 0 Å². The molecule has 0 radical (unpaired) electrons. The standard InChI is InChI=1S/C12H13F3N2O/c13-12(14,15)9-3-4-10(8(6-9)7-16)17-5-1-2-11(17)18/h3-4,6H,1-2,5,7,16H2. The van der Waals surface area contributed by atoms with Crippen LogP contribution in [0.3, 0.4) is 0 Å². The van der Waals surface area contributed by atoms with E-state index in [2.05, 4.69) is 0 Å². The molecule has 2 rings (SSSR count). The average Bonchev–Trinajstić information content (AvgIpc) is 2.73. The van der Waals surface area contributed by atoms with E-state index >= 15 is 0 Å². The van der Waals surface area contributed by atoms with Gasteiger partial charge in [-0.3, -0.25) is 4.79 Å². The molecule has 98 valence electrons. The van der Waals surface area contributed by atoms with Gasteiger partial charge in [-0.25, -0.2) is 0 Å². The van der Waals surface area contributed by atoms with E-state index in [9.17, 15) is 18.0 Å². The Morgan fingerprint density at radius 1 is 1.33 bits per heavy atom. The van der Waals surface area contributed by atoms with Crippen LogP contribution in [0, 0.1) is 0 Å². The number of hydrogen-bond acceptors (Lipinski definition) is 2. The molecule has 0 spiro atoms.